The van der Waals surface area contributed by atoms with Crippen LogP contribution in [0.2, 0.25) is 5.02 Å². The van der Waals surface area contributed by atoms with Crippen molar-refractivity contribution < 1.29 is 4.79 Å². The van der Waals surface area contributed by atoms with Crippen molar-refractivity contribution in [2.24, 2.45) is 0 Å². The molecule has 0 saturated carbocycles. The lowest BCUT2D eigenvalue weighted by Crippen LogP contribution is -2.15. The number of carbonyl (C=O) groups is 1. The van der Waals surface area contributed by atoms with Crippen LogP contribution in [0, 0.1) is 20.8 Å². The minimum Gasteiger partial charge on any atom is -0.325 e. The molecule has 4 rings (SSSR count). The number of aromatic nitrogens is 3. The van der Waals surface area contributed by atoms with Gasteiger partial charge in [-0.15, -0.1) is 28.1 Å². The molecular weight excluding hydrogens is 484 g/mol. The number of benzene rings is 2. The number of anilines is 1. The lowest BCUT2D eigenvalue weighted by atomic mass is 10.0. The van der Waals surface area contributed by atoms with Crippen molar-refractivity contribution in [3.8, 4) is 22.5 Å². The van der Waals surface area contributed by atoms with Crippen LogP contribution < -0.4 is 5.32 Å². The van der Waals surface area contributed by atoms with Gasteiger partial charge in [0.2, 0.25) is 5.91 Å². The molecule has 8 heteroatoms. The van der Waals surface area contributed by atoms with Gasteiger partial charge in [-0.2, -0.15) is 0 Å². The second-order valence-corrected chi connectivity index (χ2v) is 10.4. The molecule has 0 aliphatic heterocycles. The third-order valence-electron chi connectivity index (χ3n) is 5.39. The molecule has 4 aromatic rings. The number of carbonyl (C=O) groups excluding carboxylic acids is 1. The first kappa shape index (κ1) is 24.3. The molecule has 174 valence electrons. The van der Waals surface area contributed by atoms with E-state index >= 15 is 0 Å². The number of halogens is 1. The first-order valence-corrected chi connectivity index (χ1v) is 13.0. The third-order valence-corrected chi connectivity index (χ3v) is 7.50. The van der Waals surface area contributed by atoms with Gasteiger partial charge in [-0.1, -0.05) is 65.3 Å². The summed E-state index contributed by atoms with van der Waals surface area (Å²) < 4.78 is 2.01. The minimum atomic E-state index is -0.128. The molecule has 0 unspecified atom stereocenters. The Balaban J connectivity index is 1.58. The minimum absolute atomic E-state index is 0.128. The highest BCUT2D eigenvalue weighted by atomic mass is 35.5. The van der Waals surface area contributed by atoms with Crippen molar-refractivity contribution in [1.29, 1.82) is 0 Å². The number of allylic oxidation sites excluding steroid dienone is 1. The van der Waals surface area contributed by atoms with Gasteiger partial charge in [0.25, 0.3) is 0 Å². The number of aryl methyl sites for hydroxylation is 3. The molecule has 2 heterocycles. The predicted octanol–water partition coefficient (Wildman–Crippen LogP) is 7.17. The Kier molecular flexibility index (Phi) is 7.56. The maximum absolute atomic E-state index is 12.6. The standard InChI is InChI=1S/C26H25ClN4OS2/c1-5-12-31-25(21-14-33-18(4)24(21)19-9-6-16(2)7-10-19)29-30-26(31)34-15-23(32)28-22-13-20(27)11-8-17(22)3/h5-11,13-14H,1,12,15H2,2-4H3,(H,28,32). The van der Waals surface area contributed by atoms with Gasteiger partial charge in [-0.05, 0) is 44.0 Å². The molecule has 0 aliphatic rings. The maximum atomic E-state index is 12.6. The molecule has 0 atom stereocenters. The van der Waals surface area contributed by atoms with Gasteiger partial charge in [-0.25, -0.2) is 0 Å². The van der Waals surface area contributed by atoms with E-state index in [0.29, 0.717) is 22.4 Å². The highest BCUT2D eigenvalue weighted by Crippen LogP contribution is 2.39. The van der Waals surface area contributed by atoms with Gasteiger partial charge in [0, 0.05) is 38.6 Å². The quantitative estimate of drug-likeness (QED) is 0.202. The smallest absolute Gasteiger partial charge is 0.234 e. The number of rotatable bonds is 8. The number of thiophene rings is 1. The fourth-order valence-corrected chi connectivity index (χ4v) is 5.42. The summed E-state index contributed by atoms with van der Waals surface area (Å²) in [6.45, 7) is 10.6. The highest BCUT2D eigenvalue weighted by Gasteiger charge is 2.21. The van der Waals surface area contributed by atoms with Crippen molar-refractivity contribution in [3.63, 3.8) is 0 Å². The highest BCUT2D eigenvalue weighted by molar-refractivity contribution is 7.99. The molecule has 0 spiro atoms. The van der Waals surface area contributed by atoms with Crippen LogP contribution in [0.25, 0.3) is 22.5 Å². The molecular formula is C26H25ClN4OS2. The molecule has 2 aromatic heterocycles. The molecule has 2 aromatic carbocycles. The van der Waals surface area contributed by atoms with Crippen LogP contribution in [0.4, 0.5) is 5.69 Å². The number of hydrogen-bond acceptors (Lipinski definition) is 5. The molecule has 5 nitrogen and oxygen atoms in total. The molecule has 0 radical (unpaired) electrons. The summed E-state index contributed by atoms with van der Waals surface area (Å²) in [6.07, 6.45) is 1.82. The van der Waals surface area contributed by atoms with Crippen molar-refractivity contribution in [1.82, 2.24) is 14.8 Å². The fraction of sp³-hybridized carbons (Fsp3) is 0.192. The molecule has 34 heavy (non-hydrogen) atoms. The van der Waals surface area contributed by atoms with Crippen LogP contribution in [0.15, 0.2) is 65.7 Å². The van der Waals surface area contributed by atoms with Crippen molar-refractivity contribution >= 4 is 46.3 Å². The number of amides is 1. The normalized spacial score (nSPS) is 10.9. The number of thioether (sulfide) groups is 1. The van der Waals surface area contributed by atoms with Gasteiger partial charge >= 0.3 is 0 Å². The van der Waals surface area contributed by atoms with E-state index in [1.807, 2.05) is 23.6 Å². The topological polar surface area (TPSA) is 59.8 Å². The number of hydrogen-bond donors (Lipinski definition) is 1. The Morgan fingerprint density at radius 3 is 2.68 bits per heavy atom. The summed E-state index contributed by atoms with van der Waals surface area (Å²) in [5.41, 5.74) is 6.23. The Hall–Kier alpha value is -2.87. The average molecular weight is 509 g/mol. The second kappa shape index (κ2) is 10.6. The van der Waals surface area contributed by atoms with Crippen LogP contribution in [-0.4, -0.2) is 26.4 Å². The van der Waals surface area contributed by atoms with Crippen LogP contribution in [0.1, 0.15) is 16.0 Å². The summed E-state index contributed by atoms with van der Waals surface area (Å²) in [4.78, 5) is 13.8. The lowest BCUT2D eigenvalue weighted by molar-refractivity contribution is -0.113. The largest absolute Gasteiger partial charge is 0.325 e. The van der Waals surface area contributed by atoms with Gasteiger partial charge in [0.05, 0.1) is 5.75 Å². The Bertz CT molecular complexity index is 1340. The van der Waals surface area contributed by atoms with Crippen molar-refractivity contribution in [2.75, 3.05) is 11.1 Å². The van der Waals surface area contributed by atoms with E-state index in [1.165, 1.54) is 22.2 Å². The Morgan fingerprint density at radius 1 is 1.18 bits per heavy atom. The van der Waals surface area contributed by atoms with Crippen LogP contribution in [0.5, 0.6) is 0 Å². The predicted molar refractivity (Wildman–Crippen MR) is 144 cm³/mol. The summed E-state index contributed by atoms with van der Waals surface area (Å²) in [7, 11) is 0. The van der Waals surface area contributed by atoms with Crippen molar-refractivity contribution in [3.05, 3.63) is 81.5 Å². The van der Waals surface area contributed by atoms with E-state index in [2.05, 4.69) is 65.6 Å². The summed E-state index contributed by atoms with van der Waals surface area (Å²) in [5, 5.41) is 15.2. The molecule has 0 aliphatic carbocycles. The van der Waals surface area contributed by atoms with E-state index in [1.54, 1.807) is 23.5 Å². The van der Waals surface area contributed by atoms with E-state index in [-0.39, 0.29) is 11.7 Å². The first-order valence-electron chi connectivity index (χ1n) is 10.8. The Morgan fingerprint density at radius 2 is 1.94 bits per heavy atom. The van der Waals surface area contributed by atoms with Gasteiger partial charge < -0.3 is 5.32 Å². The third kappa shape index (κ3) is 5.27. The summed E-state index contributed by atoms with van der Waals surface area (Å²) >= 11 is 9.11. The zero-order valence-electron chi connectivity index (χ0n) is 19.3. The molecule has 0 saturated heterocycles. The summed E-state index contributed by atoms with van der Waals surface area (Å²) in [5.74, 6) is 0.847. The van der Waals surface area contributed by atoms with E-state index < -0.39 is 0 Å². The average Bonchev–Trinajstić information content (AvgIpc) is 3.38. The molecule has 0 bridgehead atoms. The molecule has 1 amide bonds. The van der Waals surface area contributed by atoms with Crippen LogP contribution >= 0.6 is 34.7 Å². The zero-order valence-corrected chi connectivity index (χ0v) is 21.7. The van der Waals surface area contributed by atoms with Crippen molar-refractivity contribution in [2.45, 2.75) is 32.5 Å². The van der Waals surface area contributed by atoms with E-state index in [9.17, 15) is 4.79 Å². The number of nitrogens with zero attached hydrogens (tertiary/aromatic N) is 3. The fourth-order valence-electron chi connectivity index (χ4n) is 3.63. The van der Waals surface area contributed by atoms with Crippen LogP contribution in [-0.2, 0) is 11.3 Å². The molecule has 0 fully saturated rings. The molecule has 1 N–H and O–H groups in total. The zero-order chi connectivity index (χ0) is 24.2. The van der Waals surface area contributed by atoms with Gasteiger partial charge in [0.1, 0.15) is 0 Å². The first-order chi connectivity index (χ1) is 16.4. The van der Waals surface area contributed by atoms with E-state index in [4.69, 9.17) is 11.6 Å². The second-order valence-electron chi connectivity index (χ2n) is 7.95. The van der Waals surface area contributed by atoms with E-state index in [0.717, 1.165) is 28.1 Å². The Labute approximate surface area is 212 Å². The number of nitrogens with one attached hydrogen (secondary N) is 1. The van der Waals surface area contributed by atoms with Crippen LogP contribution in [0.3, 0.4) is 0 Å². The SMILES string of the molecule is C=CCn1c(SCC(=O)Nc2cc(Cl)ccc2C)nnc1-c1csc(C)c1-c1ccc(C)cc1. The lowest BCUT2D eigenvalue weighted by Gasteiger charge is -2.11. The van der Waals surface area contributed by atoms with Gasteiger partial charge in [0.15, 0.2) is 11.0 Å². The maximum Gasteiger partial charge on any atom is 0.234 e. The summed E-state index contributed by atoms with van der Waals surface area (Å²) in [6, 6.07) is 14.0. The monoisotopic (exact) mass is 508 g/mol. The van der Waals surface area contributed by atoms with Gasteiger partial charge in [-0.3, -0.25) is 9.36 Å².